The highest BCUT2D eigenvalue weighted by molar-refractivity contribution is 7.91. The summed E-state index contributed by atoms with van der Waals surface area (Å²) < 4.78 is 42.5. The average molecular weight is 442 g/mol. The molecule has 1 N–H and O–H groups in total. The van der Waals surface area contributed by atoms with E-state index in [9.17, 15) is 13.2 Å². The SMILES string of the molecule is CCOc1cc(CC(=O)O)cc(S(=O)(=O)c2ccc(Oc3ccc(OC)cc3)cc2)c1. The summed E-state index contributed by atoms with van der Waals surface area (Å²) in [6.45, 7) is 2.09. The van der Waals surface area contributed by atoms with Crippen LogP contribution in [0.4, 0.5) is 0 Å². The van der Waals surface area contributed by atoms with Crippen molar-refractivity contribution in [2.24, 2.45) is 0 Å². The number of carbonyl (C=O) groups is 1. The van der Waals surface area contributed by atoms with Crippen LogP contribution in [0, 0.1) is 0 Å². The van der Waals surface area contributed by atoms with Gasteiger partial charge < -0.3 is 19.3 Å². The quantitative estimate of drug-likeness (QED) is 0.526. The first-order valence-electron chi connectivity index (χ1n) is 9.47. The van der Waals surface area contributed by atoms with E-state index < -0.39 is 15.8 Å². The smallest absolute Gasteiger partial charge is 0.307 e. The third kappa shape index (κ3) is 5.55. The van der Waals surface area contributed by atoms with Crippen molar-refractivity contribution in [3.8, 4) is 23.0 Å². The van der Waals surface area contributed by atoms with Gasteiger partial charge in [-0.3, -0.25) is 4.79 Å². The van der Waals surface area contributed by atoms with E-state index in [1.54, 1.807) is 50.4 Å². The molecule has 31 heavy (non-hydrogen) atoms. The van der Waals surface area contributed by atoms with Crippen LogP contribution in [0.1, 0.15) is 12.5 Å². The zero-order valence-electron chi connectivity index (χ0n) is 17.1. The first-order chi connectivity index (χ1) is 14.8. The van der Waals surface area contributed by atoms with Gasteiger partial charge in [-0.25, -0.2) is 8.42 Å². The third-order valence-corrected chi connectivity index (χ3v) is 6.09. The number of benzene rings is 3. The largest absolute Gasteiger partial charge is 0.497 e. The van der Waals surface area contributed by atoms with Crippen LogP contribution in [0.15, 0.2) is 76.5 Å². The molecule has 0 radical (unpaired) electrons. The second-order valence-corrected chi connectivity index (χ2v) is 8.52. The zero-order chi connectivity index (χ0) is 22.4. The molecule has 0 unspecified atom stereocenters. The van der Waals surface area contributed by atoms with E-state index in [0.29, 0.717) is 35.2 Å². The standard InChI is InChI=1S/C23H22O7S/c1-3-29-20-12-16(14-23(24)25)13-22(15-20)31(26,27)21-10-8-19(9-11-21)30-18-6-4-17(28-2)5-7-18/h4-13,15H,3,14H2,1-2H3,(H,24,25). The summed E-state index contributed by atoms with van der Waals surface area (Å²) in [5.74, 6) is 1.000. The number of ether oxygens (including phenoxy) is 3. The van der Waals surface area contributed by atoms with Crippen LogP contribution in [0.25, 0.3) is 0 Å². The van der Waals surface area contributed by atoms with E-state index in [2.05, 4.69) is 0 Å². The summed E-state index contributed by atoms with van der Waals surface area (Å²) in [6.07, 6.45) is -0.307. The summed E-state index contributed by atoms with van der Waals surface area (Å²) in [7, 11) is -2.31. The maximum absolute atomic E-state index is 13.1. The summed E-state index contributed by atoms with van der Waals surface area (Å²) in [4.78, 5) is 11.1. The predicted molar refractivity (Wildman–Crippen MR) is 114 cm³/mol. The molecule has 0 amide bonds. The highest BCUT2D eigenvalue weighted by atomic mass is 32.2. The number of hydrogen-bond acceptors (Lipinski definition) is 6. The molecule has 0 saturated heterocycles. The maximum atomic E-state index is 13.1. The Balaban J connectivity index is 1.87. The van der Waals surface area contributed by atoms with Crippen molar-refractivity contribution in [1.82, 2.24) is 0 Å². The number of rotatable bonds is 9. The van der Waals surface area contributed by atoms with Gasteiger partial charge in [-0.05, 0) is 79.2 Å². The molecule has 8 heteroatoms. The highest BCUT2D eigenvalue weighted by Crippen LogP contribution is 2.29. The first kappa shape index (κ1) is 22.2. The second-order valence-electron chi connectivity index (χ2n) is 6.57. The molecule has 0 saturated carbocycles. The van der Waals surface area contributed by atoms with Gasteiger partial charge in [0.1, 0.15) is 23.0 Å². The Kier molecular flexibility index (Phi) is 6.81. The fraction of sp³-hybridized carbons (Fsp3) is 0.174. The molecule has 0 aromatic heterocycles. The third-order valence-electron chi connectivity index (χ3n) is 4.35. The lowest BCUT2D eigenvalue weighted by molar-refractivity contribution is -0.136. The van der Waals surface area contributed by atoms with Crippen molar-refractivity contribution in [3.63, 3.8) is 0 Å². The van der Waals surface area contributed by atoms with Gasteiger partial charge in [0.25, 0.3) is 0 Å². The number of hydrogen-bond donors (Lipinski definition) is 1. The Morgan fingerprint density at radius 2 is 1.42 bits per heavy atom. The Morgan fingerprint density at radius 3 is 1.97 bits per heavy atom. The van der Waals surface area contributed by atoms with E-state index in [-0.39, 0.29) is 16.2 Å². The van der Waals surface area contributed by atoms with Gasteiger partial charge in [0, 0.05) is 0 Å². The molecule has 0 heterocycles. The lowest BCUT2D eigenvalue weighted by Crippen LogP contribution is -2.06. The molecule has 0 spiro atoms. The van der Waals surface area contributed by atoms with Gasteiger partial charge >= 0.3 is 5.97 Å². The number of methoxy groups -OCH3 is 1. The van der Waals surface area contributed by atoms with Gasteiger partial charge in [-0.15, -0.1) is 0 Å². The molecule has 0 aliphatic rings. The van der Waals surface area contributed by atoms with Crippen LogP contribution in [0.3, 0.4) is 0 Å². The molecule has 0 aliphatic carbocycles. The van der Waals surface area contributed by atoms with Crippen molar-refractivity contribution < 1.29 is 32.5 Å². The van der Waals surface area contributed by atoms with Crippen molar-refractivity contribution in [2.75, 3.05) is 13.7 Å². The van der Waals surface area contributed by atoms with Crippen molar-refractivity contribution in [1.29, 1.82) is 0 Å². The van der Waals surface area contributed by atoms with Crippen LogP contribution >= 0.6 is 0 Å². The lowest BCUT2D eigenvalue weighted by atomic mass is 10.1. The summed E-state index contributed by atoms with van der Waals surface area (Å²) in [5, 5.41) is 9.07. The van der Waals surface area contributed by atoms with Crippen LogP contribution in [-0.4, -0.2) is 33.2 Å². The Labute approximate surface area is 180 Å². The Hall–Kier alpha value is -3.52. The van der Waals surface area contributed by atoms with Crippen LogP contribution in [0.2, 0.25) is 0 Å². The molecule has 0 bridgehead atoms. The maximum Gasteiger partial charge on any atom is 0.307 e. The molecule has 3 aromatic carbocycles. The van der Waals surface area contributed by atoms with E-state index in [4.69, 9.17) is 19.3 Å². The van der Waals surface area contributed by atoms with E-state index in [1.165, 1.54) is 30.3 Å². The topological polar surface area (TPSA) is 99.1 Å². The Bertz CT molecular complexity index is 1150. The molecule has 3 rings (SSSR count). The minimum absolute atomic E-state index is 0.0291. The fourth-order valence-corrected chi connectivity index (χ4v) is 4.26. The first-order valence-corrected chi connectivity index (χ1v) is 11.0. The van der Waals surface area contributed by atoms with Gasteiger partial charge in [-0.1, -0.05) is 0 Å². The average Bonchev–Trinajstić information content (AvgIpc) is 2.74. The van der Waals surface area contributed by atoms with Crippen LogP contribution in [0.5, 0.6) is 23.0 Å². The number of carboxylic acid groups (broad SMARTS) is 1. The minimum Gasteiger partial charge on any atom is -0.497 e. The molecule has 3 aromatic rings. The Morgan fingerprint density at radius 1 is 0.839 bits per heavy atom. The van der Waals surface area contributed by atoms with Crippen molar-refractivity contribution >= 4 is 15.8 Å². The monoisotopic (exact) mass is 442 g/mol. The van der Waals surface area contributed by atoms with Crippen molar-refractivity contribution in [3.05, 3.63) is 72.3 Å². The van der Waals surface area contributed by atoms with E-state index in [0.717, 1.165) is 0 Å². The van der Waals surface area contributed by atoms with Crippen molar-refractivity contribution in [2.45, 2.75) is 23.1 Å². The van der Waals surface area contributed by atoms with E-state index >= 15 is 0 Å². The summed E-state index contributed by atoms with van der Waals surface area (Å²) in [6, 6.07) is 17.3. The number of carboxylic acids is 1. The number of sulfone groups is 1. The minimum atomic E-state index is -3.88. The summed E-state index contributed by atoms with van der Waals surface area (Å²) >= 11 is 0. The summed E-state index contributed by atoms with van der Waals surface area (Å²) in [5.41, 5.74) is 0.344. The van der Waals surface area contributed by atoms with Gasteiger partial charge in [0.2, 0.25) is 9.84 Å². The molecule has 0 atom stereocenters. The molecule has 162 valence electrons. The molecule has 0 aliphatic heterocycles. The van der Waals surface area contributed by atoms with Crippen LogP contribution in [-0.2, 0) is 21.1 Å². The van der Waals surface area contributed by atoms with Gasteiger partial charge in [-0.2, -0.15) is 0 Å². The molecular formula is C23H22O7S. The highest BCUT2D eigenvalue weighted by Gasteiger charge is 2.20. The zero-order valence-corrected chi connectivity index (χ0v) is 17.9. The molecular weight excluding hydrogens is 420 g/mol. The lowest BCUT2D eigenvalue weighted by Gasteiger charge is -2.11. The van der Waals surface area contributed by atoms with E-state index in [1.807, 2.05) is 0 Å². The fourth-order valence-electron chi connectivity index (χ4n) is 2.92. The van der Waals surface area contributed by atoms with Crippen LogP contribution < -0.4 is 14.2 Å². The molecule has 7 nitrogen and oxygen atoms in total. The number of aliphatic carboxylic acids is 1. The van der Waals surface area contributed by atoms with Gasteiger partial charge in [0.15, 0.2) is 0 Å². The van der Waals surface area contributed by atoms with Gasteiger partial charge in [0.05, 0.1) is 29.9 Å². The molecule has 0 fully saturated rings. The second kappa shape index (κ2) is 9.53. The predicted octanol–water partition coefficient (Wildman–Crippen LogP) is 4.35. The normalized spacial score (nSPS) is 11.0.